The van der Waals surface area contributed by atoms with Crippen LogP contribution in [0.3, 0.4) is 0 Å². The van der Waals surface area contributed by atoms with Crippen LogP contribution in [-0.4, -0.2) is 35.9 Å². The summed E-state index contributed by atoms with van der Waals surface area (Å²) in [6.45, 7) is 0.559. The van der Waals surface area contributed by atoms with Crippen molar-refractivity contribution >= 4 is 29.4 Å². The second-order valence-electron chi connectivity index (χ2n) is 8.25. The molecule has 2 aromatic carbocycles. The van der Waals surface area contributed by atoms with Crippen LogP contribution in [0.2, 0.25) is 5.02 Å². The third-order valence-corrected chi connectivity index (χ3v) is 6.64. The van der Waals surface area contributed by atoms with Gasteiger partial charge in [0.05, 0.1) is 19.6 Å². The maximum Gasteiger partial charge on any atom is 0.324 e. The second kappa shape index (κ2) is 9.61. The van der Waals surface area contributed by atoms with Gasteiger partial charge >= 0.3 is 6.03 Å². The Balaban J connectivity index is 1.35. The molecule has 3 unspecified atom stereocenters. The van der Waals surface area contributed by atoms with Crippen molar-refractivity contribution in [2.24, 2.45) is 11.8 Å². The van der Waals surface area contributed by atoms with Crippen LogP contribution < -0.4 is 15.4 Å². The standard InChI is InChI=1S/C24H26ClN3O4/c1-32-18-9-6-15(7-10-18)14-28-23(30)19-11-8-16(12-21(19)27-24(28)31)22(29)26-13-17-4-2-3-5-20(17)25/h2-7,9-10,16,19,21H,8,11-14H2,1H3,(H,26,29)(H,27,31). The third kappa shape index (κ3) is 4.72. The van der Waals surface area contributed by atoms with E-state index in [-0.39, 0.29) is 36.2 Å². The summed E-state index contributed by atoms with van der Waals surface area (Å²) >= 11 is 6.16. The van der Waals surface area contributed by atoms with Crippen molar-refractivity contribution < 1.29 is 19.1 Å². The highest BCUT2D eigenvalue weighted by atomic mass is 35.5. The summed E-state index contributed by atoms with van der Waals surface area (Å²) in [5.41, 5.74) is 1.70. The monoisotopic (exact) mass is 455 g/mol. The van der Waals surface area contributed by atoms with Crippen LogP contribution in [0.4, 0.5) is 4.79 Å². The lowest BCUT2D eigenvalue weighted by Crippen LogP contribution is -2.61. The molecule has 1 heterocycles. The zero-order valence-electron chi connectivity index (χ0n) is 17.8. The van der Waals surface area contributed by atoms with Gasteiger partial charge in [-0.25, -0.2) is 4.79 Å². The lowest BCUT2D eigenvalue weighted by Gasteiger charge is -2.42. The van der Waals surface area contributed by atoms with E-state index in [1.165, 1.54) is 4.90 Å². The number of rotatable bonds is 6. The van der Waals surface area contributed by atoms with Crippen molar-refractivity contribution in [1.29, 1.82) is 0 Å². The fourth-order valence-electron chi connectivity index (χ4n) is 4.43. The number of ether oxygens (including phenoxy) is 1. The molecule has 8 heteroatoms. The Hall–Kier alpha value is -3.06. The number of urea groups is 1. The summed E-state index contributed by atoms with van der Waals surface area (Å²) in [5.74, 6) is -0.0943. The van der Waals surface area contributed by atoms with Crippen LogP contribution in [0.1, 0.15) is 30.4 Å². The van der Waals surface area contributed by atoms with Crippen molar-refractivity contribution in [1.82, 2.24) is 15.5 Å². The summed E-state index contributed by atoms with van der Waals surface area (Å²) in [4.78, 5) is 39.7. The summed E-state index contributed by atoms with van der Waals surface area (Å²) in [6.07, 6.45) is 1.62. The first-order chi connectivity index (χ1) is 15.5. The Morgan fingerprint density at radius 3 is 2.62 bits per heavy atom. The van der Waals surface area contributed by atoms with Crippen molar-refractivity contribution in [3.8, 4) is 5.75 Å². The Kier molecular flexibility index (Phi) is 6.65. The van der Waals surface area contributed by atoms with Gasteiger partial charge in [0.15, 0.2) is 0 Å². The molecule has 4 amide bonds. The zero-order valence-corrected chi connectivity index (χ0v) is 18.6. The minimum Gasteiger partial charge on any atom is -0.497 e. The number of amides is 4. The molecule has 2 N–H and O–H groups in total. The summed E-state index contributed by atoms with van der Waals surface area (Å²) in [7, 11) is 1.59. The lowest BCUT2D eigenvalue weighted by atomic mass is 9.76. The molecule has 1 saturated heterocycles. The second-order valence-corrected chi connectivity index (χ2v) is 8.66. The van der Waals surface area contributed by atoms with Crippen LogP contribution in [-0.2, 0) is 22.7 Å². The van der Waals surface area contributed by atoms with Gasteiger partial charge in [-0.1, -0.05) is 41.9 Å². The van der Waals surface area contributed by atoms with E-state index in [0.717, 1.165) is 16.9 Å². The topological polar surface area (TPSA) is 87.7 Å². The van der Waals surface area contributed by atoms with Gasteiger partial charge in [-0.15, -0.1) is 0 Å². The number of benzene rings is 2. The molecular weight excluding hydrogens is 430 g/mol. The quantitative estimate of drug-likeness (QED) is 0.697. The minimum atomic E-state index is -0.413. The van der Waals surface area contributed by atoms with Gasteiger partial charge in [0.2, 0.25) is 11.8 Å². The largest absolute Gasteiger partial charge is 0.497 e. The Bertz CT molecular complexity index is 1010. The summed E-state index contributed by atoms with van der Waals surface area (Å²) in [5, 5.41) is 6.50. The Labute approximate surface area is 192 Å². The molecule has 32 heavy (non-hydrogen) atoms. The number of hydrogen-bond acceptors (Lipinski definition) is 4. The van der Waals surface area contributed by atoms with Gasteiger partial charge in [0.1, 0.15) is 5.75 Å². The van der Waals surface area contributed by atoms with E-state index in [0.29, 0.717) is 30.8 Å². The number of carbonyl (C=O) groups is 3. The predicted molar refractivity (Wildman–Crippen MR) is 120 cm³/mol. The molecule has 7 nitrogen and oxygen atoms in total. The minimum absolute atomic E-state index is 0.0780. The van der Waals surface area contributed by atoms with Crippen molar-refractivity contribution in [2.75, 3.05) is 7.11 Å². The average Bonchev–Trinajstić information content (AvgIpc) is 2.81. The maximum absolute atomic E-state index is 13.0. The number of fused-ring (bicyclic) bond motifs is 1. The first-order valence-corrected chi connectivity index (χ1v) is 11.1. The van der Waals surface area contributed by atoms with Crippen molar-refractivity contribution in [3.05, 3.63) is 64.7 Å². The van der Waals surface area contributed by atoms with Crippen molar-refractivity contribution in [3.63, 3.8) is 0 Å². The van der Waals surface area contributed by atoms with Gasteiger partial charge in [0, 0.05) is 23.5 Å². The summed E-state index contributed by atoms with van der Waals surface area (Å²) in [6, 6.07) is 13.9. The zero-order chi connectivity index (χ0) is 22.7. The van der Waals surface area contributed by atoms with E-state index in [9.17, 15) is 14.4 Å². The molecule has 3 atom stereocenters. The summed E-state index contributed by atoms with van der Waals surface area (Å²) < 4.78 is 5.15. The molecule has 2 aromatic rings. The molecule has 1 saturated carbocycles. The number of carbonyl (C=O) groups excluding carboxylic acids is 3. The molecule has 2 fully saturated rings. The highest BCUT2D eigenvalue weighted by Gasteiger charge is 2.45. The number of nitrogens with one attached hydrogen (secondary N) is 2. The number of methoxy groups -OCH3 is 1. The van der Waals surface area contributed by atoms with E-state index >= 15 is 0 Å². The van der Waals surface area contributed by atoms with E-state index in [1.54, 1.807) is 25.3 Å². The normalized spacial score (nSPS) is 22.7. The number of nitrogens with zero attached hydrogens (tertiary/aromatic N) is 1. The van der Waals surface area contributed by atoms with Crippen LogP contribution in [0.25, 0.3) is 0 Å². The molecule has 4 rings (SSSR count). The van der Waals surface area contributed by atoms with E-state index < -0.39 is 6.03 Å². The van der Waals surface area contributed by atoms with Gasteiger partial charge in [-0.2, -0.15) is 0 Å². The molecule has 168 valence electrons. The molecule has 1 aliphatic heterocycles. The maximum atomic E-state index is 13.0. The smallest absolute Gasteiger partial charge is 0.324 e. The third-order valence-electron chi connectivity index (χ3n) is 6.27. The first-order valence-electron chi connectivity index (χ1n) is 10.7. The fraction of sp³-hybridized carbons (Fsp3) is 0.375. The number of halogens is 1. The predicted octanol–water partition coefficient (Wildman–Crippen LogP) is 3.50. The number of imide groups is 1. The SMILES string of the molecule is COc1ccc(CN2C(=O)NC3CC(C(=O)NCc4ccccc4Cl)CCC3C2=O)cc1. The van der Waals surface area contributed by atoms with Gasteiger partial charge in [0.25, 0.3) is 0 Å². The van der Waals surface area contributed by atoms with E-state index in [1.807, 2.05) is 30.3 Å². The average molecular weight is 456 g/mol. The molecule has 0 spiro atoms. The Morgan fingerprint density at radius 2 is 1.91 bits per heavy atom. The highest BCUT2D eigenvalue weighted by Crippen LogP contribution is 2.34. The number of hydrogen-bond donors (Lipinski definition) is 2. The first kappa shape index (κ1) is 22.1. The van der Waals surface area contributed by atoms with Gasteiger partial charge in [-0.05, 0) is 48.6 Å². The molecule has 2 aliphatic rings. The molecule has 0 aromatic heterocycles. The molecule has 0 radical (unpaired) electrons. The highest BCUT2D eigenvalue weighted by molar-refractivity contribution is 6.31. The van der Waals surface area contributed by atoms with E-state index in [4.69, 9.17) is 16.3 Å². The Morgan fingerprint density at radius 1 is 1.16 bits per heavy atom. The van der Waals surface area contributed by atoms with Crippen LogP contribution in [0.5, 0.6) is 5.75 Å². The lowest BCUT2D eigenvalue weighted by molar-refractivity contribution is -0.139. The van der Waals surface area contributed by atoms with Crippen LogP contribution in [0.15, 0.2) is 48.5 Å². The van der Waals surface area contributed by atoms with E-state index in [2.05, 4.69) is 10.6 Å². The van der Waals surface area contributed by atoms with Crippen LogP contribution in [0, 0.1) is 11.8 Å². The molecular formula is C24H26ClN3O4. The van der Waals surface area contributed by atoms with Gasteiger partial charge in [-0.3, -0.25) is 14.5 Å². The molecule has 0 bridgehead atoms. The molecule has 1 aliphatic carbocycles. The van der Waals surface area contributed by atoms with Gasteiger partial charge < -0.3 is 15.4 Å². The van der Waals surface area contributed by atoms with Crippen LogP contribution >= 0.6 is 11.6 Å². The fourth-order valence-corrected chi connectivity index (χ4v) is 4.63. The van der Waals surface area contributed by atoms with Crippen molar-refractivity contribution in [2.45, 2.75) is 38.4 Å².